The molecule has 0 radical (unpaired) electrons. The zero-order valence-electron chi connectivity index (χ0n) is 15.2. The van der Waals surface area contributed by atoms with Gasteiger partial charge in [-0.25, -0.2) is 4.98 Å². The number of allylic oxidation sites excluding steroid dienone is 4. The number of rotatable bonds is 9. The molecule has 0 saturated carbocycles. The van der Waals surface area contributed by atoms with Crippen molar-refractivity contribution >= 4 is 18.0 Å². The van der Waals surface area contributed by atoms with Crippen molar-refractivity contribution in [1.82, 2.24) is 15.2 Å². The number of amides is 1. The van der Waals surface area contributed by atoms with Gasteiger partial charge in [0, 0.05) is 44.1 Å². The van der Waals surface area contributed by atoms with Crippen LogP contribution in [0.3, 0.4) is 0 Å². The minimum absolute atomic E-state index is 0.0809. The van der Waals surface area contributed by atoms with Crippen molar-refractivity contribution in [2.45, 2.75) is 6.92 Å². The lowest BCUT2D eigenvalue weighted by atomic mass is 10.2. The Morgan fingerprint density at radius 2 is 2.08 bits per heavy atom. The quantitative estimate of drug-likeness (QED) is 0.457. The molecule has 7 nitrogen and oxygen atoms in total. The summed E-state index contributed by atoms with van der Waals surface area (Å²) in [5, 5.41) is 14.6. The Labute approximate surface area is 154 Å². The molecule has 1 aliphatic rings. The van der Waals surface area contributed by atoms with Gasteiger partial charge in [0.25, 0.3) is 0 Å². The number of anilines is 2. The second-order valence-corrected chi connectivity index (χ2v) is 5.91. The van der Waals surface area contributed by atoms with Crippen molar-refractivity contribution in [1.29, 1.82) is 0 Å². The molecule has 3 N–H and O–H groups in total. The molecule has 0 aromatic carbocycles. The Morgan fingerprint density at radius 1 is 1.31 bits per heavy atom. The molecule has 2 heterocycles. The third-order valence-electron chi connectivity index (χ3n) is 4.12. The van der Waals surface area contributed by atoms with E-state index < -0.39 is 0 Å². The van der Waals surface area contributed by atoms with Crippen LogP contribution >= 0.6 is 0 Å². The van der Waals surface area contributed by atoms with Crippen LogP contribution in [0.2, 0.25) is 0 Å². The van der Waals surface area contributed by atoms with Gasteiger partial charge >= 0.3 is 0 Å². The molecule has 7 heteroatoms. The Bertz CT molecular complexity index is 664. The fourth-order valence-electron chi connectivity index (χ4n) is 2.73. The minimum atomic E-state index is 0.0809. The third-order valence-corrected chi connectivity index (χ3v) is 4.12. The van der Waals surface area contributed by atoms with Crippen molar-refractivity contribution in [3.8, 4) is 0 Å². The van der Waals surface area contributed by atoms with Gasteiger partial charge in [0.15, 0.2) is 0 Å². The lowest BCUT2D eigenvalue weighted by molar-refractivity contribution is -0.108. The van der Waals surface area contributed by atoms with E-state index in [0.29, 0.717) is 13.0 Å². The second kappa shape index (κ2) is 10.2. The number of aliphatic hydroxyl groups is 1. The molecule has 1 aliphatic heterocycles. The predicted molar refractivity (Wildman–Crippen MR) is 105 cm³/mol. The van der Waals surface area contributed by atoms with Crippen LogP contribution in [-0.2, 0) is 4.79 Å². The van der Waals surface area contributed by atoms with Gasteiger partial charge in [-0.2, -0.15) is 0 Å². The van der Waals surface area contributed by atoms with E-state index in [1.807, 2.05) is 43.4 Å². The van der Waals surface area contributed by atoms with E-state index >= 15 is 0 Å². The molecule has 0 unspecified atom stereocenters. The molecule has 140 valence electrons. The summed E-state index contributed by atoms with van der Waals surface area (Å²) in [7, 11) is 0. The van der Waals surface area contributed by atoms with Gasteiger partial charge in [-0.15, -0.1) is 0 Å². The molecular formula is C19H27N5O2. The topological polar surface area (TPSA) is 80.7 Å². The highest BCUT2D eigenvalue weighted by Gasteiger charge is 2.18. The maximum Gasteiger partial charge on any atom is 0.211 e. The summed E-state index contributed by atoms with van der Waals surface area (Å²) in [5.41, 5.74) is 1.82. The van der Waals surface area contributed by atoms with Crippen LogP contribution in [0.5, 0.6) is 0 Å². The summed E-state index contributed by atoms with van der Waals surface area (Å²) in [6.45, 7) is 9.75. The Balaban J connectivity index is 1.97. The zero-order chi connectivity index (χ0) is 18.8. The highest BCUT2D eigenvalue weighted by Crippen LogP contribution is 2.18. The largest absolute Gasteiger partial charge is 0.395 e. The molecule has 0 spiro atoms. The Kier molecular flexibility index (Phi) is 7.70. The van der Waals surface area contributed by atoms with E-state index in [4.69, 9.17) is 5.11 Å². The molecular weight excluding hydrogens is 330 g/mol. The number of aliphatic hydroxyl groups excluding tert-OH is 1. The first kappa shape index (κ1) is 19.5. The standard InChI is InChI=1S/C19H27N5O2/c1-3-17(8-7-16(2)21-15-26)23-10-12-24(13-11-23)19-6-4-5-18(22-19)20-9-14-25/h3-8,15,25H,1,9-14H2,2H3,(H,20,22)(H,21,26)/b16-7+,17-8+. The van der Waals surface area contributed by atoms with Crippen molar-refractivity contribution in [3.63, 3.8) is 0 Å². The summed E-state index contributed by atoms with van der Waals surface area (Å²) >= 11 is 0. The first-order valence-corrected chi connectivity index (χ1v) is 8.71. The highest BCUT2D eigenvalue weighted by molar-refractivity contribution is 5.50. The lowest BCUT2D eigenvalue weighted by Gasteiger charge is -2.37. The van der Waals surface area contributed by atoms with E-state index in [0.717, 1.165) is 49.2 Å². The number of pyridine rings is 1. The van der Waals surface area contributed by atoms with E-state index in [2.05, 4.69) is 32.0 Å². The first-order chi connectivity index (χ1) is 12.7. The maximum atomic E-state index is 10.5. The predicted octanol–water partition coefficient (Wildman–Crippen LogP) is 1.33. The second-order valence-electron chi connectivity index (χ2n) is 5.91. The molecule has 0 atom stereocenters. The Morgan fingerprint density at radius 3 is 2.73 bits per heavy atom. The van der Waals surface area contributed by atoms with Gasteiger partial charge in [-0.1, -0.05) is 12.6 Å². The molecule has 2 rings (SSSR count). The highest BCUT2D eigenvalue weighted by atomic mass is 16.3. The molecule has 0 aliphatic carbocycles. The summed E-state index contributed by atoms with van der Waals surface area (Å²) in [6, 6.07) is 5.87. The molecule has 1 aromatic rings. The van der Waals surface area contributed by atoms with E-state index in [-0.39, 0.29) is 6.61 Å². The first-order valence-electron chi connectivity index (χ1n) is 8.71. The van der Waals surface area contributed by atoms with Crippen LogP contribution in [-0.4, -0.2) is 60.7 Å². The van der Waals surface area contributed by atoms with Gasteiger partial charge < -0.3 is 25.5 Å². The number of hydrogen-bond acceptors (Lipinski definition) is 6. The average Bonchev–Trinajstić information content (AvgIpc) is 2.68. The lowest BCUT2D eigenvalue weighted by Crippen LogP contribution is -2.46. The molecule has 1 amide bonds. The number of hydrogen-bond donors (Lipinski definition) is 3. The zero-order valence-corrected chi connectivity index (χ0v) is 15.2. The van der Waals surface area contributed by atoms with Crippen molar-refractivity contribution < 1.29 is 9.90 Å². The van der Waals surface area contributed by atoms with E-state index in [1.54, 1.807) is 0 Å². The van der Waals surface area contributed by atoms with Gasteiger partial charge in [-0.05, 0) is 37.3 Å². The van der Waals surface area contributed by atoms with Crippen LogP contribution in [0.25, 0.3) is 0 Å². The molecule has 26 heavy (non-hydrogen) atoms. The van der Waals surface area contributed by atoms with Crippen LogP contribution in [0, 0.1) is 0 Å². The van der Waals surface area contributed by atoms with Crippen LogP contribution < -0.4 is 15.5 Å². The number of carbonyl (C=O) groups excluding carboxylic acids is 1. The summed E-state index contributed by atoms with van der Waals surface area (Å²) in [4.78, 5) is 19.6. The van der Waals surface area contributed by atoms with E-state index in [9.17, 15) is 4.79 Å². The fourth-order valence-corrected chi connectivity index (χ4v) is 2.73. The number of carbonyl (C=O) groups is 1. The third kappa shape index (κ3) is 5.63. The van der Waals surface area contributed by atoms with Gasteiger partial charge in [0.1, 0.15) is 11.6 Å². The summed E-state index contributed by atoms with van der Waals surface area (Å²) in [5.74, 6) is 1.71. The SMILES string of the molecule is C=C/C(=C\C=C(/C)NC=O)N1CCN(c2cccc(NCCO)n2)CC1. The fraction of sp³-hybridized carbons (Fsp3) is 0.368. The maximum absolute atomic E-state index is 10.5. The van der Waals surface area contributed by atoms with Crippen molar-refractivity contribution in [2.24, 2.45) is 0 Å². The number of nitrogens with zero attached hydrogens (tertiary/aromatic N) is 3. The average molecular weight is 357 g/mol. The molecule has 1 fully saturated rings. The Hall–Kier alpha value is -2.80. The normalized spacial score (nSPS) is 15.6. The van der Waals surface area contributed by atoms with Gasteiger partial charge in [-0.3, -0.25) is 4.79 Å². The summed E-state index contributed by atoms with van der Waals surface area (Å²) in [6.07, 6.45) is 6.34. The van der Waals surface area contributed by atoms with Crippen LogP contribution in [0.4, 0.5) is 11.6 Å². The number of piperazine rings is 1. The molecule has 1 aromatic heterocycles. The smallest absolute Gasteiger partial charge is 0.211 e. The van der Waals surface area contributed by atoms with Gasteiger partial charge in [0.05, 0.1) is 6.61 Å². The molecule has 1 saturated heterocycles. The minimum Gasteiger partial charge on any atom is -0.395 e. The summed E-state index contributed by atoms with van der Waals surface area (Å²) < 4.78 is 0. The molecule has 0 bridgehead atoms. The number of nitrogens with one attached hydrogen (secondary N) is 2. The van der Waals surface area contributed by atoms with Crippen LogP contribution in [0.1, 0.15) is 6.92 Å². The van der Waals surface area contributed by atoms with Crippen molar-refractivity contribution in [2.75, 3.05) is 49.5 Å². The number of aromatic nitrogens is 1. The van der Waals surface area contributed by atoms with Crippen molar-refractivity contribution in [3.05, 3.63) is 54.4 Å². The van der Waals surface area contributed by atoms with Gasteiger partial charge in [0.2, 0.25) is 6.41 Å². The van der Waals surface area contributed by atoms with Crippen LogP contribution in [0.15, 0.2) is 54.4 Å². The monoisotopic (exact) mass is 357 g/mol. The van der Waals surface area contributed by atoms with E-state index in [1.165, 1.54) is 0 Å².